The number of thioether (sulfide) groups is 1. The molecular weight excluding hydrogens is 458 g/mol. The van der Waals surface area contributed by atoms with Crippen molar-refractivity contribution in [2.24, 2.45) is 0 Å². The van der Waals surface area contributed by atoms with E-state index in [1.165, 1.54) is 18.2 Å². The molecule has 0 N–H and O–H groups in total. The molecule has 7 nitrogen and oxygen atoms in total. The molecule has 180 valence electrons. The number of benzene rings is 2. The Labute approximate surface area is 208 Å². The van der Waals surface area contributed by atoms with Gasteiger partial charge in [0.2, 0.25) is 11.7 Å². The standard InChI is InChI=1S/C27H29N5O2S/c1-4-30(20-10-6-5-7-11-20)24(33)17-35-27-29-28-26-31(23-16-18(2)14-15-19(23)3)25(34)21-12-8-9-13-22(21)32(26)27/h8-10,12-16H,4-7,11,17H2,1-3H3. The van der Waals surface area contributed by atoms with Gasteiger partial charge >= 0.3 is 0 Å². The number of aryl methyl sites for hydroxylation is 2. The second kappa shape index (κ2) is 9.70. The van der Waals surface area contributed by atoms with Crippen molar-refractivity contribution in [3.05, 3.63) is 75.7 Å². The predicted molar refractivity (Wildman–Crippen MR) is 140 cm³/mol. The van der Waals surface area contributed by atoms with Gasteiger partial charge in [0, 0.05) is 12.2 Å². The topological polar surface area (TPSA) is 72.5 Å². The van der Waals surface area contributed by atoms with Crippen LogP contribution in [0, 0.1) is 13.8 Å². The van der Waals surface area contributed by atoms with Gasteiger partial charge in [-0.2, -0.15) is 0 Å². The minimum atomic E-state index is -0.136. The Morgan fingerprint density at radius 1 is 1.11 bits per heavy atom. The van der Waals surface area contributed by atoms with Crippen LogP contribution in [0.5, 0.6) is 0 Å². The lowest BCUT2D eigenvalue weighted by Crippen LogP contribution is -2.32. The minimum Gasteiger partial charge on any atom is -0.316 e. The zero-order chi connectivity index (χ0) is 24.5. The minimum absolute atomic E-state index is 0.0644. The van der Waals surface area contributed by atoms with Crippen LogP contribution < -0.4 is 5.56 Å². The molecule has 0 fully saturated rings. The lowest BCUT2D eigenvalue weighted by atomic mass is 10.0. The van der Waals surface area contributed by atoms with Crippen molar-refractivity contribution in [1.82, 2.24) is 24.1 Å². The van der Waals surface area contributed by atoms with E-state index in [0.717, 1.165) is 47.3 Å². The highest BCUT2D eigenvalue weighted by Crippen LogP contribution is 2.26. The molecule has 4 aromatic rings. The maximum absolute atomic E-state index is 13.6. The first kappa shape index (κ1) is 23.4. The summed E-state index contributed by atoms with van der Waals surface area (Å²) in [5.41, 5.74) is 4.54. The molecule has 0 aliphatic heterocycles. The van der Waals surface area contributed by atoms with Crippen molar-refractivity contribution >= 4 is 34.3 Å². The Balaban J connectivity index is 1.59. The first-order valence-corrected chi connectivity index (χ1v) is 13.1. The lowest BCUT2D eigenvalue weighted by molar-refractivity contribution is -0.126. The summed E-state index contributed by atoms with van der Waals surface area (Å²) in [5.74, 6) is 0.761. The average Bonchev–Trinajstić information content (AvgIpc) is 3.30. The number of aromatic nitrogens is 4. The van der Waals surface area contributed by atoms with Gasteiger partial charge in [0.25, 0.3) is 5.56 Å². The maximum Gasteiger partial charge on any atom is 0.267 e. The first-order chi connectivity index (χ1) is 17.0. The molecule has 2 heterocycles. The van der Waals surface area contributed by atoms with E-state index in [2.05, 4.69) is 16.3 Å². The summed E-state index contributed by atoms with van der Waals surface area (Å²) in [6, 6.07) is 13.5. The molecule has 0 saturated carbocycles. The van der Waals surface area contributed by atoms with Gasteiger partial charge in [-0.15, -0.1) is 10.2 Å². The van der Waals surface area contributed by atoms with E-state index in [0.29, 0.717) is 22.9 Å². The number of carbonyl (C=O) groups is 1. The summed E-state index contributed by atoms with van der Waals surface area (Å²) in [5, 5.41) is 10.0. The van der Waals surface area contributed by atoms with E-state index in [1.807, 2.05) is 72.5 Å². The van der Waals surface area contributed by atoms with E-state index in [1.54, 1.807) is 4.57 Å². The Hall–Kier alpha value is -3.39. The molecule has 2 aromatic carbocycles. The summed E-state index contributed by atoms with van der Waals surface area (Å²) in [4.78, 5) is 28.6. The third-order valence-electron chi connectivity index (χ3n) is 6.56. The van der Waals surface area contributed by atoms with Gasteiger partial charge in [-0.25, -0.2) is 4.57 Å². The molecular formula is C27H29N5O2S. The molecule has 0 radical (unpaired) electrons. The number of nitrogens with zero attached hydrogens (tertiary/aromatic N) is 5. The fourth-order valence-corrected chi connectivity index (χ4v) is 5.58. The number of hydrogen-bond donors (Lipinski definition) is 0. The summed E-state index contributed by atoms with van der Waals surface area (Å²) in [6.07, 6.45) is 6.48. The number of carbonyl (C=O) groups excluding carboxylic acids is 1. The lowest BCUT2D eigenvalue weighted by Gasteiger charge is -2.26. The van der Waals surface area contributed by atoms with Crippen LogP contribution in [0.3, 0.4) is 0 Å². The highest BCUT2D eigenvalue weighted by Gasteiger charge is 2.22. The number of allylic oxidation sites excluding steroid dienone is 2. The average molecular weight is 488 g/mol. The van der Waals surface area contributed by atoms with E-state index < -0.39 is 0 Å². The number of para-hydroxylation sites is 1. The smallest absolute Gasteiger partial charge is 0.267 e. The molecule has 0 atom stereocenters. The van der Waals surface area contributed by atoms with E-state index in [-0.39, 0.29) is 17.2 Å². The second-order valence-electron chi connectivity index (χ2n) is 8.93. The molecule has 1 amide bonds. The molecule has 2 aromatic heterocycles. The van der Waals surface area contributed by atoms with Crippen LogP contribution >= 0.6 is 11.8 Å². The van der Waals surface area contributed by atoms with Crippen LogP contribution in [0.2, 0.25) is 0 Å². The SMILES string of the molecule is CCN(C(=O)CSc1nnc2n(-c3cc(C)ccc3C)c(=O)c3ccccc3n12)C1=CCCCC1. The molecule has 5 rings (SSSR count). The highest BCUT2D eigenvalue weighted by atomic mass is 32.2. The fourth-order valence-electron chi connectivity index (χ4n) is 4.76. The molecule has 0 unspecified atom stereocenters. The monoisotopic (exact) mass is 487 g/mol. The van der Waals surface area contributed by atoms with Gasteiger partial charge in [-0.1, -0.05) is 42.1 Å². The molecule has 1 aliphatic carbocycles. The molecule has 0 saturated heterocycles. The first-order valence-electron chi connectivity index (χ1n) is 12.1. The Kier molecular flexibility index (Phi) is 6.47. The quantitative estimate of drug-likeness (QED) is 0.356. The van der Waals surface area contributed by atoms with Gasteiger partial charge in [0.15, 0.2) is 5.16 Å². The van der Waals surface area contributed by atoms with E-state index in [4.69, 9.17) is 0 Å². The third kappa shape index (κ3) is 4.27. The molecule has 8 heteroatoms. The van der Waals surface area contributed by atoms with Crippen molar-refractivity contribution in [2.75, 3.05) is 12.3 Å². The maximum atomic E-state index is 13.6. The summed E-state index contributed by atoms with van der Waals surface area (Å²) in [6.45, 7) is 6.66. The van der Waals surface area contributed by atoms with Crippen molar-refractivity contribution in [1.29, 1.82) is 0 Å². The van der Waals surface area contributed by atoms with Crippen LogP contribution in [-0.4, -0.2) is 42.3 Å². The third-order valence-corrected chi connectivity index (χ3v) is 7.47. The number of hydrogen-bond acceptors (Lipinski definition) is 5. The molecule has 0 spiro atoms. The zero-order valence-electron chi connectivity index (χ0n) is 20.3. The van der Waals surface area contributed by atoms with Gasteiger partial charge in [0.05, 0.1) is 22.3 Å². The molecule has 0 bridgehead atoms. The van der Waals surface area contributed by atoms with Gasteiger partial charge in [0.1, 0.15) is 0 Å². The molecule has 1 aliphatic rings. The summed E-state index contributed by atoms with van der Waals surface area (Å²) < 4.78 is 3.53. The normalized spacial score (nSPS) is 13.9. The van der Waals surface area contributed by atoms with Crippen LogP contribution in [0.25, 0.3) is 22.4 Å². The molecule has 35 heavy (non-hydrogen) atoms. The number of amides is 1. The summed E-state index contributed by atoms with van der Waals surface area (Å²) >= 11 is 1.36. The second-order valence-corrected chi connectivity index (χ2v) is 9.88. The highest BCUT2D eigenvalue weighted by molar-refractivity contribution is 7.99. The fraction of sp³-hybridized carbons (Fsp3) is 0.333. The predicted octanol–water partition coefficient (Wildman–Crippen LogP) is 5.05. The van der Waals surface area contributed by atoms with Crippen LogP contribution in [0.4, 0.5) is 0 Å². The van der Waals surface area contributed by atoms with Crippen molar-refractivity contribution in [3.8, 4) is 5.69 Å². The Morgan fingerprint density at radius 3 is 2.71 bits per heavy atom. The van der Waals surface area contributed by atoms with Crippen LogP contribution in [0.1, 0.15) is 43.7 Å². The van der Waals surface area contributed by atoms with Gasteiger partial charge < -0.3 is 4.90 Å². The summed E-state index contributed by atoms with van der Waals surface area (Å²) in [7, 11) is 0. The Bertz CT molecular complexity index is 1520. The zero-order valence-corrected chi connectivity index (χ0v) is 21.1. The van der Waals surface area contributed by atoms with E-state index in [9.17, 15) is 9.59 Å². The largest absolute Gasteiger partial charge is 0.316 e. The van der Waals surface area contributed by atoms with Crippen molar-refractivity contribution < 1.29 is 4.79 Å². The van der Waals surface area contributed by atoms with Gasteiger partial charge in [-0.05, 0) is 75.8 Å². The van der Waals surface area contributed by atoms with Crippen molar-refractivity contribution in [2.45, 2.75) is 51.6 Å². The van der Waals surface area contributed by atoms with Crippen LogP contribution in [0.15, 0.2) is 64.2 Å². The van der Waals surface area contributed by atoms with Crippen LogP contribution in [-0.2, 0) is 4.79 Å². The van der Waals surface area contributed by atoms with Gasteiger partial charge in [-0.3, -0.25) is 14.0 Å². The van der Waals surface area contributed by atoms with E-state index >= 15 is 0 Å². The number of rotatable bonds is 6. The van der Waals surface area contributed by atoms with Crippen molar-refractivity contribution in [3.63, 3.8) is 0 Å². The Morgan fingerprint density at radius 2 is 1.94 bits per heavy atom. The number of fused-ring (bicyclic) bond motifs is 3.